The number of aromatic amines is 1. The van der Waals surface area contributed by atoms with Crippen molar-refractivity contribution in [3.05, 3.63) is 73.3 Å². The number of rotatable bonds is 4. The fourth-order valence-corrected chi connectivity index (χ4v) is 3.16. The summed E-state index contributed by atoms with van der Waals surface area (Å²) in [7, 11) is 0. The van der Waals surface area contributed by atoms with Crippen LogP contribution < -0.4 is 5.73 Å². The summed E-state index contributed by atoms with van der Waals surface area (Å²) in [4.78, 5) is 11.9. The second-order valence-corrected chi connectivity index (χ2v) is 6.36. The maximum absolute atomic E-state index is 6.13. The van der Waals surface area contributed by atoms with Crippen LogP contribution >= 0.6 is 0 Å². The van der Waals surface area contributed by atoms with E-state index in [1.54, 1.807) is 12.4 Å². The molecule has 0 aliphatic carbocycles. The van der Waals surface area contributed by atoms with Crippen LogP contribution in [0.2, 0.25) is 0 Å². The molecular formula is C22H20N4. The number of fused-ring (bicyclic) bond motifs is 1. The molecule has 4 nitrogen and oxygen atoms in total. The van der Waals surface area contributed by atoms with Crippen molar-refractivity contribution >= 4 is 22.3 Å². The highest BCUT2D eigenvalue weighted by molar-refractivity contribution is 5.96. The first-order valence-corrected chi connectivity index (χ1v) is 8.62. The van der Waals surface area contributed by atoms with E-state index in [4.69, 9.17) is 5.73 Å². The molecule has 26 heavy (non-hydrogen) atoms. The van der Waals surface area contributed by atoms with E-state index in [-0.39, 0.29) is 0 Å². The van der Waals surface area contributed by atoms with Gasteiger partial charge in [0.2, 0.25) is 0 Å². The predicted octanol–water partition coefficient (Wildman–Crippen LogP) is 5.30. The Hall–Kier alpha value is -3.40. The molecule has 1 aromatic carbocycles. The van der Waals surface area contributed by atoms with Gasteiger partial charge in [0.05, 0.1) is 0 Å². The van der Waals surface area contributed by atoms with Crippen LogP contribution in [0.4, 0.5) is 5.69 Å². The zero-order chi connectivity index (χ0) is 18.1. The second-order valence-electron chi connectivity index (χ2n) is 6.36. The Morgan fingerprint density at radius 2 is 1.88 bits per heavy atom. The molecule has 0 saturated carbocycles. The van der Waals surface area contributed by atoms with Gasteiger partial charge >= 0.3 is 0 Å². The van der Waals surface area contributed by atoms with E-state index in [0.29, 0.717) is 0 Å². The number of hydrogen-bond acceptors (Lipinski definition) is 3. The number of hydrogen-bond donors (Lipinski definition) is 2. The van der Waals surface area contributed by atoms with Crippen molar-refractivity contribution in [3.8, 4) is 22.3 Å². The van der Waals surface area contributed by atoms with Gasteiger partial charge in [-0.05, 0) is 65.1 Å². The number of allylic oxidation sites excluding steroid dienone is 1. The van der Waals surface area contributed by atoms with Crippen LogP contribution in [-0.4, -0.2) is 15.0 Å². The second kappa shape index (κ2) is 6.48. The van der Waals surface area contributed by atoms with Crippen molar-refractivity contribution in [1.29, 1.82) is 0 Å². The Morgan fingerprint density at radius 3 is 2.65 bits per heavy atom. The number of nitrogens with one attached hydrogen (secondary N) is 1. The molecule has 0 bridgehead atoms. The standard InChI is InChI=1S/C22H20N4/c1-3-14(2)16-8-17(10-19(23)9-16)18-11-20-21(13-26-22(20)25-12-18)15-4-6-24-7-5-15/h4-13H,2-3,23H2,1H3,(H,25,26). The number of aromatic nitrogens is 3. The minimum Gasteiger partial charge on any atom is -0.399 e. The van der Waals surface area contributed by atoms with Crippen molar-refractivity contribution in [2.24, 2.45) is 0 Å². The average Bonchev–Trinajstić information content (AvgIpc) is 3.10. The van der Waals surface area contributed by atoms with Gasteiger partial charge in [0, 0.05) is 47.0 Å². The van der Waals surface area contributed by atoms with Crippen LogP contribution in [0.1, 0.15) is 18.9 Å². The van der Waals surface area contributed by atoms with E-state index in [2.05, 4.69) is 40.6 Å². The summed E-state index contributed by atoms with van der Waals surface area (Å²) < 4.78 is 0. The molecule has 4 aromatic rings. The monoisotopic (exact) mass is 340 g/mol. The molecule has 0 aliphatic rings. The summed E-state index contributed by atoms with van der Waals surface area (Å²) in [5.41, 5.74) is 14.2. The molecule has 0 aliphatic heterocycles. The third-order valence-electron chi connectivity index (χ3n) is 4.65. The predicted molar refractivity (Wildman–Crippen MR) is 108 cm³/mol. The van der Waals surface area contributed by atoms with Gasteiger partial charge in [-0.3, -0.25) is 4.98 Å². The van der Waals surface area contributed by atoms with Gasteiger partial charge in [-0.25, -0.2) is 4.98 Å². The van der Waals surface area contributed by atoms with Crippen LogP contribution in [0.25, 0.3) is 38.9 Å². The largest absolute Gasteiger partial charge is 0.399 e. The lowest BCUT2D eigenvalue weighted by Crippen LogP contribution is -1.91. The van der Waals surface area contributed by atoms with Crippen LogP contribution in [-0.2, 0) is 0 Å². The molecule has 3 aromatic heterocycles. The smallest absolute Gasteiger partial charge is 0.137 e. The molecule has 0 amide bonds. The Balaban J connectivity index is 1.86. The molecule has 0 saturated heterocycles. The third kappa shape index (κ3) is 2.86. The molecule has 4 rings (SSSR count). The zero-order valence-electron chi connectivity index (χ0n) is 14.7. The lowest BCUT2D eigenvalue weighted by atomic mass is 9.97. The summed E-state index contributed by atoms with van der Waals surface area (Å²) in [5, 5.41) is 1.08. The molecule has 0 fully saturated rings. The average molecular weight is 340 g/mol. The summed E-state index contributed by atoms with van der Waals surface area (Å²) in [6.45, 7) is 6.23. The number of nitrogens with two attached hydrogens (primary N) is 1. The van der Waals surface area contributed by atoms with Crippen LogP contribution in [0, 0.1) is 0 Å². The van der Waals surface area contributed by atoms with Gasteiger partial charge < -0.3 is 10.7 Å². The lowest BCUT2D eigenvalue weighted by molar-refractivity contribution is 1.24. The van der Waals surface area contributed by atoms with Crippen molar-refractivity contribution in [2.75, 3.05) is 5.73 Å². The minimum atomic E-state index is 0.732. The van der Waals surface area contributed by atoms with E-state index in [1.807, 2.05) is 36.7 Å². The fraction of sp³-hybridized carbons (Fsp3) is 0.0909. The Labute approximate surface area is 152 Å². The SMILES string of the molecule is C=C(CC)c1cc(N)cc(-c2cnc3[nH]cc(-c4ccncc4)c3c2)c1. The summed E-state index contributed by atoms with van der Waals surface area (Å²) >= 11 is 0. The van der Waals surface area contributed by atoms with Crippen molar-refractivity contribution < 1.29 is 0 Å². The molecule has 4 heteroatoms. The first-order valence-electron chi connectivity index (χ1n) is 8.62. The van der Waals surface area contributed by atoms with Gasteiger partial charge in [-0.2, -0.15) is 0 Å². The molecule has 3 heterocycles. The molecular weight excluding hydrogens is 320 g/mol. The fourth-order valence-electron chi connectivity index (χ4n) is 3.16. The van der Waals surface area contributed by atoms with Gasteiger partial charge in [-0.15, -0.1) is 0 Å². The summed E-state index contributed by atoms with van der Waals surface area (Å²) in [5.74, 6) is 0. The number of pyridine rings is 2. The highest BCUT2D eigenvalue weighted by Crippen LogP contribution is 2.32. The maximum Gasteiger partial charge on any atom is 0.137 e. The van der Waals surface area contributed by atoms with E-state index >= 15 is 0 Å². The number of benzene rings is 1. The molecule has 0 radical (unpaired) electrons. The Morgan fingerprint density at radius 1 is 1.08 bits per heavy atom. The van der Waals surface area contributed by atoms with Crippen LogP contribution in [0.3, 0.4) is 0 Å². The van der Waals surface area contributed by atoms with Crippen molar-refractivity contribution in [2.45, 2.75) is 13.3 Å². The molecule has 0 atom stereocenters. The van der Waals surface area contributed by atoms with Crippen molar-refractivity contribution in [3.63, 3.8) is 0 Å². The van der Waals surface area contributed by atoms with Crippen molar-refractivity contribution in [1.82, 2.24) is 15.0 Å². The number of nitrogens with zero attached hydrogens (tertiary/aromatic N) is 2. The first-order chi connectivity index (χ1) is 12.7. The quantitative estimate of drug-likeness (QED) is 0.496. The third-order valence-corrected chi connectivity index (χ3v) is 4.65. The topological polar surface area (TPSA) is 67.6 Å². The number of H-pyrrole nitrogens is 1. The molecule has 0 unspecified atom stereocenters. The van der Waals surface area contributed by atoms with E-state index in [1.165, 1.54) is 0 Å². The number of nitrogen functional groups attached to an aromatic ring is 1. The Bertz CT molecular complexity index is 1090. The Kier molecular flexibility index (Phi) is 4.01. The summed E-state index contributed by atoms with van der Waals surface area (Å²) in [6, 6.07) is 12.2. The molecule has 0 spiro atoms. The lowest BCUT2D eigenvalue weighted by Gasteiger charge is -2.09. The van der Waals surface area contributed by atoms with E-state index < -0.39 is 0 Å². The zero-order valence-corrected chi connectivity index (χ0v) is 14.7. The van der Waals surface area contributed by atoms with E-state index in [0.717, 1.165) is 56.5 Å². The summed E-state index contributed by atoms with van der Waals surface area (Å²) in [6.07, 6.45) is 8.35. The molecule has 3 N–H and O–H groups in total. The molecule has 128 valence electrons. The van der Waals surface area contributed by atoms with Gasteiger partial charge in [0.25, 0.3) is 0 Å². The highest BCUT2D eigenvalue weighted by Gasteiger charge is 2.10. The van der Waals surface area contributed by atoms with Gasteiger partial charge in [0.15, 0.2) is 0 Å². The van der Waals surface area contributed by atoms with Gasteiger partial charge in [0.1, 0.15) is 5.65 Å². The first kappa shape index (κ1) is 16.1. The number of anilines is 1. The minimum absolute atomic E-state index is 0.732. The van der Waals surface area contributed by atoms with Crippen LogP contribution in [0.5, 0.6) is 0 Å². The van der Waals surface area contributed by atoms with Crippen LogP contribution in [0.15, 0.2) is 67.8 Å². The normalized spacial score (nSPS) is 11.0. The van der Waals surface area contributed by atoms with Gasteiger partial charge in [-0.1, -0.05) is 13.5 Å². The van der Waals surface area contributed by atoms with E-state index in [9.17, 15) is 0 Å². The maximum atomic E-state index is 6.13. The highest BCUT2D eigenvalue weighted by atomic mass is 14.8.